The third kappa shape index (κ3) is 2.31. The Hall–Kier alpha value is -0.200. The predicted octanol–water partition coefficient (Wildman–Crippen LogP) is 1.85. The Kier molecular flexibility index (Phi) is 3.72. The average Bonchev–Trinajstić information content (AvgIpc) is 3.28. The van der Waals surface area contributed by atoms with E-state index in [0.717, 1.165) is 51.7 Å². The Morgan fingerprint density at radius 2 is 1.83 bits per heavy atom. The lowest BCUT2D eigenvalue weighted by Crippen LogP contribution is -2.68. The van der Waals surface area contributed by atoms with Crippen molar-refractivity contribution in [3.8, 4) is 0 Å². The fourth-order valence-corrected chi connectivity index (χ4v) is 5.93. The first-order valence-corrected chi connectivity index (χ1v) is 9.56. The minimum atomic E-state index is -0.353. The molecule has 2 aliphatic carbocycles. The van der Waals surface area contributed by atoms with Gasteiger partial charge in [-0.25, -0.2) is 0 Å². The van der Waals surface area contributed by atoms with Crippen LogP contribution in [0.2, 0.25) is 0 Å². The van der Waals surface area contributed by atoms with Crippen LogP contribution in [0, 0.1) is 11.3 Å². The zero-order valence-corrected chi connectivity index (χ0v) is 13.9. The number of hydrogen-bond acceptors (Lipinski definition) is 5. The number of nitrogens with one attached hydrogen (secondary N) is 1. The lowest BCUT2D eigenvalue weighted by atomic mass is 9.54. The van der Waals surface area contributed by atoms with E-state index in [0.29, 0.717) is 17.6 Å². The van der Waals surface area contributed by atoms with Crippen LogP contribution in [0.3, 0.4) is 0 Å². The summed E-state index contributed by atoms with van der Waals surface area (Å²) in [5.74, 6) is 0.376. The van der Waals surface area contributed by atoms with Crippen molar-refractivity contribution in [1.29, 1.82) is 0 Å². The van der Waals surface area contributed by atoms with E-state index in [1.54, 1.807) is 0 Å². The van der Waals surface area contributed by atoms with E-state index in [4.69, 9.17) is 18.9 Å². The highest BCUT2D eigenvalue weighted by Gasteiger charge is 2.64. The normalized spacial score (nSPS) is 43.8. The van der Waals surface area contributed by atoms with Crippen LogP contribution >= 0.6 is 0 Å². The average molecular weight is 323 g/mol. The van der Waals surface area contributed by atoms with Crippen molar-refractivity contribution >= 4 is 0 Å². The first-order valence-electron chi connectivity index (χ1n) is 9.56. The van der Waals surface area contributed by atoms with Crippen LogP contribution in [0.15, 0.2) is 0 Å². The van der Waals surface area contributed by atoms with Gasteiger partial charge in [0.25, 0.3) is 0 Å². The van der Waals surface area contributed by atoms with Gasteiger partial charge < -0.3 is 24.3 Å². The molecule has 4 atom stereocenters. The molecule has 130 valence electrons. The summed E-state index contributed by atoms with van der Waals surface area (Å²) < 4.78 is 23.8. The maximum absolute atomic E-state index is 6.28. The van der Waals surface area contributed by atoms with E-state index in [1.807, 2.05) is 0 Å². The van der Waals surface area contributed by atoms with E-state index in [-0.39, 0.29) is 11.9 Å². The quantitative estimate of drug-likeness (QED) is 0.859. The molecule has 0 aromatic heterocycles. The monoisotopic (exact) mass is 323 g/mol. The molecule has 3 saturated heterocycles. The van der Waals surface area contributed by atoms with Crippen molar-refractivity contribution in [2.75, 3.05) is 33.0 Å². The number of rotatable bonds is 3. The second-order valence-electron chi connectivity index (χ2n) is 8.14. The third-order valence-electron chi connectivity index (χ3n) is 7.02. The molecule has 5 rings (SSSR count). The Balaban J connectivity index is 1.20. The molecular formula is C18H29NO4. The van der Waals surface area contributed by atoms with E-state index < -0.39 is 0 Å². The summed E-state index contributed by atoms with van der Waals surface area (Å²) in [4.78, 5) is 0. The van der Waals surface area contributed by atoms with Gasteiger partial charge in [0.1, 0.15) is 0 Å². The number of hydrogen-bond donors (Lipinski definition) is 1. The molecule has 0 aromatic rings. The summed E-state index contributed by atoms with van der Waals surface area (Å²) in [5, 5.41) is 3.87. The largest absolute Gasteiger partial charge is 0.381 e. The van der Waals surface area contributed by atoms with Gasteiger partial charge in [-0.15, -0.1) is 0 Å². The summed E-state index contributed by atoms with van der Waals surface area (Å²) in [6.45, 7) is 4.11. The first kappa shape index (κ1) is 15.1. The van der Waals surface area contributed by atoms with Gasteiger partial charge in [0.05, 0.1) is 32.0 Å². The van der Waals surface area contributed by atoms with Gasteiger partial charge >= 0.3 is 0 Å². The van der Waals surface area contributed by atoms with E-state index >= 15 is 0 Å². The topological polar surface area (TPSA) is 49.0 Å². The Bertz CT molecular complexity index is 444. The van der Waals surface area contributed by atoms with Gasteiger partial charge in [-0.2, -0.15) is 0 Å². The van der Waals surface area contributed by atoms with Gasteiger partial charge in [0, 0.05) is 43.4 Å². The zero-order valence-electron chi connectivity index (χ0n) is 13.9. The first-order chi connectivity index (χ1) is 11.3. The molecule has 3 heterocycles. The van der Waals surface area contributed by atoms with Crippen LogP contribution in [0.5, 0.6) is 0 Å². The van der Waals surface area contributed by atoms with E-state index in [9.17, 15) is 0 Å². The smallest absolute Gasteiger partial charge is 0.173 e. The van der Waals surface area contributed by atoms with E-state index in [1.165, 1.54) is 32.1 Å². The van der Waals surface area contributed by atoms with Crippen molar-refractivity contribution in [2.24, 2.45) is 11.3 Å². The number of ether oxygens (including phenoxy) is 4. The van der Waals surface area contributed by atoms with Crippen molar-refractivity contribution in [2.45, 2.75) is 69.0 Å². The minimum Gasteiger partial charge on any atom is -0.381 e. The van der Waals surface area contributed by atoms with Crippen LogP contribution in [0.4, 0.5) is 0 Å². The molecule has 5 fully saturated rings. The summed E-state index contributed by atoms with van der Waals surface area (Å²) in [7, 11) is 0. The van der Waals surface area contributed by atoms with Crippen LogP contribution in [-0.2, 0) is 18.9 Å². The van der Waals surface area contributed by atoms with Gasteiger partial charge in [-0.3, -0.25) is 0 Å². The van der Waals surface area contributed by atoms with Crippen molar-refractivity contribution in [3.05, 3.63) is 0 Å². The second kappa shape index (κ2) is 5.67. The van der Waals surface area contributed by atoms with E-state index in [2.05, 4.69) is 5.32 Å². The van der Waals surface area contributed by atoms with Crippen molar-refractivity contribution in [3.63, 3.8) is 0 Å². The predicted molar refractivity (Wildman–Crippen MR) is 84.1 cm³/mol. The lowest BCUT2D eigenvalue weighted by molar-refractivity contribution is -0.211. The highest BCUT2D eigenvalue weighted by Crippen LogP contribution is 2.60. The Labute approximate surface area is 138 Å². The summed E-state index contributed by atoms with van der Waals surface area (Å²) in [5.41, 5.74) is 0.428. The molecule has 5 aliphatic rings. The van der Waals surface area contributed by atoms with Gasteiger partial charge in [-0.05, 0) is 19.3 Å². The highest BCUT2D eigenvalue weighted by molar-refractivity contribution is 5.16. The zero-order chi connectivity index (χ0) is 15.3. The SMILES string of the molecule is C1CCC2(C1)[C@H](NC[C@H]1COC3(CCOCC3)O1)[C@H]1CCO[C@H]12. The maximum atomic E-state index is 6.28. The summed E-state index contributed by atoms with van der Waals surface area (Å²) in [6.07, 6.45) is 9.12. The third-order valence-corrected chi connectivity index (χ3v) is 7.02. The molecular weight excluding hydrogens is 294 g/mol. The summed E-state index contributed by atoms with van der Waals surface area (Å²) >= 11 is 0. The minimum absolute atomic E-state index is 0.188. The molecule has 0 aromatic carbocycles. The molecule has 5 heteroatoms. The summed E-state index contributed by atoms with van der Waals surface area (Å²) in [6, 6.07) is 0.632. The van der Waals surface area contributed by atoms with Gasteiger partial charge in [0.2, 0.25) is 0 Å². The van der Waals surface area contributed by atoms with Crippen LogP contribution < -0.4 is 5.32 Å². The maximum Gasteiger partial charge on any atom is 0.173 e. The molecule has 0 bridgehead atoms. The van der Waals surface area contributed by atoms with Crippen LogP contribution in [0.25, 0.3) is 0 Å². The van der Waals surface area contributed by atoms with Crippen molar-refractivity contribution < 1.29 is 18.9 Å². The molecule has 2 saturated carbocycles. The standard InChI is InChI=1S/C18H29NO4/c1-2-5-17(4-1)15(14-3-8-21-16(14)17)19-11-13-12-22-18(23-13)6-9-20-10-7-18/h13-16,19H,1-12H2/t13-,14+,15+,16+/m0/s1. The van der Waals surface area contributed by atoms with Gasteiger partial charge in [0.15, 0.2) is 5.79 Å². The Morgan fingerprint density at radius 3 is 2.65 bits per heavy atom. The molecule has 1 N–H and O–H groups in total. The number of fused-ring (bicyclic) bond motifs is 2. The molecule has 2 spiro atoms. The molecule has 0 radical (unpaired) electrons. The Morgan fingerprint density at radius 1 is 1.00 bits per heavy atom. The lowest BCUT2D eigenvalue weighted by Gasteiger charge is -2.57. The van der Waals surface area contributed by atoms with Gasteiger partial charge in [-0.1, -0.05) is 12.8 Å². The fourth-order valence-electron chi connectivity index (χ4n) is 5.93. The fraction of sp³-hybridized carbons (Fsp3) is 1.00. The molecule has 5 nitrogen and oxygen atoms in total. The highest BCUT2D eigenvalue weighted by atomic mass is 16.7. The molecule has 23 heavy (non-hydrogen) atoms. The van der Waals surface area contributed by atoms with Crippen LogP contribution in [0.1, 0.15) is 44.9 Å². The molecule has 0 unspecified atom stereocenters. The molecule has 0 amide bonds. The van der Waals surface area contributed by atoms with Crippen molar-refractivity contribution in [1.82, 2.24) is 5.32 Å². The second-order valence-corrected chi connectivity index (χ2v) is 8.14. The molecule has 3 aliphatic heterocycles. The van der Waals surface area contributed by atoms with Crippen LogP contribution in [-0.4, -0.2) is 57.0 Å².